The Hall–Kier alpha value is -3.70. The maximum Gasteiger partial charge on any atom is 0.154 e. The molecule has 0 unspecified atom stereocenters. The second kappa shape index (κ2) is 6.72. The van der Waals surface area contributed by atoms with Gasteiger partial charge in [0.1, 0.15) is 11.4 Å². The Kier molecular flexibility index (Phi) is 4.03. The van der Waals surface area contributed by atoms with E-state index in [4.69, 9.17) is 11.6 Å². The van der Waals surface area contributed by atoms with Gasteiger partial charge in [0.2, 0.25) is 0 Å². The van der Waals surface area contributed by atoms with E-state index in [-0.39, 0.29) is 17.0 Å². The molecule has 0 aliphatic rings. The van der Waals surface area contributed by atoms with Crippen LogP contribution in [0.3, 0.4) is 0 Å². The Bertz CT molecular complexity index is 1450. The summed E-state index contributed by atoms with van der Waals surface area (Å²) in [6, 6.07) is 20.6. The largest absolute Gasteiger partial charge is 0.505 e. The molecule has 1 heterocycles. The standard InChI is InChI=1S/C23H14ClN3O2/c24-17-6-2-4-8-19(17)26-27-22-20-13(11-14(12-28)23(22)29)9-10-16-15-5-1-3-7-18(15)25-21(16)20/h1-12,25,29H. The molecule has 140 valence electrons. The number of rotatable bonds is 3. The van der Waals surface area contributed by atoms with Crippen molar-refractivity contribution in [1.29, 1.82) is 0 Å². The number of aromatic amines is 1. The number of para-hydroxylation sites is 1. The van der Waals surface area contributed by atoms with Gasteiger partial charge >= 0.3 is 0 Å². The third kappa shape index (κ3) is 2.75. The van der Waals surface area contributed by atoms with Gasteiger partial charge in [0.15, 0.2) is 12.0 Å². The predicted molar refractivity (Wildman–Crippen MR) is 116 cm³/mol. The monoisotopic (exact) mass is 399 g/mol. The summed E-state index contributed by atoms with van der Waals surface area (Å²) in [5.74, 6) is -0.213. The summed E-state index contributed by atoms with van der Waals surface area (Å²) < 4.78 is 0. The van der Waals surface area contributed by atoms with E-state index in [1.54, 1.807) is 30.3 Å². The Labute approximate surface area is 170 Å². The molecule has 5 aromatic rings. The third-order valence-electron chi connectivity index (χ3n) is 5.00. The Morgan fingerprint density at radius 1 is 0.931 bits per heavy atom. The second-order valence-corrected chi connectivity index (χ2v) is 7.10. The van der Waals surface area contributed by atoms with Crippen LogP contribution in [0.2, 0.25) is 5.02 Å². The maximum absolute atomic E-state index is 11.5. The van der Waals surface area contributed by atoms with Crippen molar-refractivity contribution in [2.45, 2.75) is 0 Å². The van der Waals surface area contributed by atoms with Crippen molar-refractivity contribution >= 4 is 61.8 Å². The van der Waals surface area contributed by atoms with Crippen LogP contribution in [-0.4, -0.2) is 16.4 Å². The number of phenolic OH excluding ortho intramolecular Hbond substituents is 1. The summed E-state index contributed by atoms with van der Waals surface area (Å²) in [6.07, 6.45) is 0.610. The van der Waals surface area contributed by atoms with Crippen LogP contribution < -0.4 is 0 Å². The molecule has 0 bridgehead atoms. The van der Waals surface area contributed by atoms with Gasteiger partial charge in [0, 0.05) is 21.7 Å². The Balaban J connectivity index is 1.87. The van der Waals surface area contributed by atoms with Gasteiger partial charge in [-0.3, -0.25) is 4.79 Å². The molecule has 0 aliphatic carbocycles. The number of carbonyl (C=O) groups is 1. The minimum Gasteiger partial charge on any atom is -0.505 e. The third-order valence-corrected chi connectivity index (χ3v) is 5.32. The molecule has 4 aromatic carbocycles. The molecule has 0 spiro atoms. The van der Waals surface area contributed by atoms with Gasteiger partial charge in [-0.15, -0.1) is 10.2 Å². The first-order valence-electron chi connectivity index (χ1n) is 8.98. The van der Waals surface area contributed by atoms with Crippen LogP contribution in [-0.2, 0) is 0 Å². The first-order chi connectivity index (χ1) is 14.2. The number of carbonyl (C=O) groups excluding carboxylic acids is 1. The number of fused-ring (bicyclic) bond motifs is 5. The lowest BCUT2D eigenvalue weighted by Gasteiger charge is -2.08. The molecule has 0 atom stereocenters. The lowest BCUT2D eigenvalue weighted by Crippen LogP contribution is -1.86. The molecule has 5 rings (SSSR count). The number of halogens is 1. The molecule has 5 nitrogen and oxygen atoms in total. The maximum atomic E-state index is 11.5. The summed E-state index contributed by atoms with van der Waals surface area (Å²) in [4.78, 5) is 14.9. The van der Waals surface area contributed by atoms with Crippen LogP contribution in [0, 0.1) is 0 Å². The van der Waals surface area contributed by atoms with Crippen molar-refractivity contribution in [3.63, 3.8) is 0 Å². The van der Waals surface area contributed by atoms with Crippen molar-refractivity contribution in [3.8, 4) is 5.75 Å². The number of azo groups is 1. The fraction of sp³-hybridized carbons (Fsp3) is 0. The summed E-state index contributed by atoms with van der Waals surface area (Å²) in [6.45, 7) is 0. The molecule has 0 saturated carbocycles. The van der Waals surface area contributed by atoms with E-state index in [1.165, 1.54) is 0 Å². The van der Waals surface area contributed by atoms with Gasteiger partial charge in [-0.2, -0.15) is 0 Å². The van der Waals surface area contributed by atoms with E-state index in [0.717, 1.165) is 27.2 Å². The number of hydrogen-bond donors (Lipinski definition) is 2. The molecule has 0 saturated heterocycles. The topological polar surface area (TPSA) is 77.8 Å². The molecule has 0 fully saturated rings. The molecule has 0 aliphatic heterocycles. The first-order valence-corrected chi connectivity index (χ1v) is 9.35. The molecule has 2 N–H and O–H groups in total. The lowest BCUT2D eigenvalue weighted by molar-refractivity contribution is 0.112. The zero-order valence-electron chi connectivity index (χ0n) is 15.1. The number of aldehydes is 1. The highest BCUT2D eigenvalue weighted by atomic mass is 35.5. The van der Waals surface area contributed by atoms with Crippen molar-refractivity contribution in [2.24, 2.45) is 10.2 Å². The second-order valence-electron chi connectivity index (χ2n) is 6.69. The number of nitrogens with one attached hydrogen (secondary N) is 1. The average Bonchev–Trinajstić information content (AvgIpc) is 3.12. The van der Waals surface area contributed by atoms with Crippen LogP contribution in [0.4, 0.5) is 11.4 Å². The van der Waals surface area contributed by atoms with Crippen LogP contribution >= 0.6 is 11.6 Å². The first kappa shape index (κ1) is 17.4. The van der Waals surface area contributed by atoms with E-state index in [0.29, 0.717) is 22.4 Å². The van der Waals surface area contributed by atoms with Crippen molar-refractivity contribution in [2.75, 3.05) is 0 Å². The summed E-state index contributed by atoms with van der Waals surface area (Å²) in [5.41, 5.74) is 2.65. The number of hydrogen-bond acceptors (Lipinski definition) is 4. The fourth-order valence-electron chi connectivity index (χ4n) is 3.63. The molecule has 1 aromatic heterocycles. The zero-order valence-corrected chi connectivity index (χ0v) is 15.8. The number of aromatic nitrogens is 1. The summed E-state index contributed by atoms with van der Waals surface area (Å²) >= 11 is 6.18. The fourth-order valence-corrected chi connectivity index (χ4v) is 3.80. The van der Waals surface area contributed by atoms with Gasteiger partial charge in [0.05, 0.1) is 16.1 Å². The zero-order chi connectivity index (χ0) is 20.0. The van der Waals surface area contributed by atoms with Crippen LogP contribution in [0.25, 0.3) is 32.6 Å². The quantitative estimate of drug-likeness (QED) is 0.251. The van der Waals surface area contributed by atoms with E-state index >= 15 is 0 Å². The van der Waals surface area contributed by atoms with E-state index in [9.17, 15) is 9.90 Å². The molecule has 0 amide bonds. The molecule has 0 radical (unpaired) electrons. The number of H-pyrrole nitrogens is 1. The van der Waals surface area contributed by atoms with Crippen molar-refractivity contribution in [1.82, 2.24) is 4.98 Å². The van der Waals surface area contributed by atoms with Crippen LogP contribution in [0.15, 0.2) is 77.0 Å². The van der Waals surface area contributed by atoms with Crippen molar-refractivity contribution in [3.05, 3.63) is 77.3 Å². The average molecular weight is 400 g/mol. The highest BCUT2D eigenvalue weighted by Crippen LogP contribution is 2.43. The van der Waals surface area contributed by atoms with Gasteiger partial charge in [0.25, 0.3) is 0 Å². The smallest absolute Gasteiger partial charge is 0.154 e. The van der Waals surface area contributed by atoms with Gasteiger partial charge in [-0.25, -0.2) is 0 Å². The number of phenols is 1. The molecule has 6 heteroatoms. The SMILES string of the molecule is O=Cc1cc2ccc3c4ccccc4[nH]c3c2c(N=Nc2ccccc2Cl)c1O. The van der Waals surface area contributed by atoms with Gasteiger partial charge in [-0.1, -0.05) is 54.1 Å². The van der Waals surface area contributed by atoms with Gasteiger partial charge in [-0.05, 0) is 29.7 Å². The van der Waals surface area contributed by atoms with E-state index in [2.05, 4.69) is 15.2 Å². The minimum atomic E-state index is -0.213. The van der Waals surface area contributed by atoms with Crippen molar-refractivity contribution < 1.29 is 9.90 Å². The Morgan fingerprint density at radius 2 is 1.72 bits per heavy atom. The van der Waals surface area contributed by atoms with Gasteiger partial charge < -0.3 is 10.1 Å². The summed E-state index contributed by atoms with van der Waals surface area (Å²) in [7, 11) is 0. The lowest BCUT2D eigenvalue weighted by atomic mass is 10.0. The number of aromatic hydroxyl groups is 1. The van der Waals surface area contributed by atoms with Crippen LogP contribution in [0.1, 0.15) is 10.4 Å². The molecular formula is C23H14ClN3O2. The highest BCUT2D eigenvalue weighted by Gasteiger charge is 2.17. The Morgan fingerprint density at radius 3 is 2.55 bits per heavy atom. The van der Waals surface area contributed by atoms with E-state index in [1.807, 2.05) is 36.4 Å². The predicted octanol–water partition coefficient (Wildman–Crippen LogP) is 7.06. The number of nitrogens with zero attached hydrogens (tertiary/aromatic N) is 2. The normalized spacial score (nSPS) is 11.8. The highest BCUT2D eigenvalue weighted by molar-refractivity contribution is 6.33. The molecular weight excluding hydrogens is 386 g/mol. The summed E-state index contributed by atoms with van der Waals surface area (Å²) in [5, 5.41) is 23.2. The van der Waals surface area contributed by atoms with Crippen LogP contribution in [0.5, 0.6) is 5.75 Å². The number of benzene rings is 4. The molecule has 29 heavy (non-hydrogen) atoms. The minimum absolute atomic E-state index is 0.154. The van der Waals surface area contributed by atoms with E-state index < -0.39 is 0 Å².